The molecule has 0 spiro atoms. The van der Waals surface area contributed by atoms with Gasteiger partial charge in [-0.3, -0.25) is 0 Å². The first-order valence-electron chi connectivity index (χ1n) is 5.52. The van der Waals surface area contributed by atoms with Gasteiger partial charge in [-0.05, 0) is 6.42 Å². The zero-order chi connectivity index (χ0) is 11.5. The van der Waals surface area contributed by atoms with Gasteiger partial charge in [0.15, 0.2) is 11.5 Å². The van der Waals surface area contributed by atoms with Crippen LogP contribution < -0.4 is 10.6 Å². The van der Waals surface area contributed by atoms with E-state index in [4.69, 9.17) is 5.73 Å². The Balaban J connectivity index is 2.38. The molecule has 0 aliphatic heterocycles. The minimum atomic E-state index is 0.517. The highest BCUT2D eigenvalue weighted by atomic mass is 15.2. The van der Waals surface area contributed by atoms with E-state index in [-0.39, 0.29) is 0 Å². The van der Waals surface area contributed by atoms with Gasteiger partial charge in [0.1, 0.15) is 5.82 Å². The number of hydrogen-bond donors (Lipinski definition) is 1. The maximum atomic E-state index is 5.76. The predicted molar refractivity (Wildman–Crippen MR) is 65.6 cm³/mol. The summed E-state index contributed by atoms with van der Waals surface area (Å²) in [7, 11) is 2.02. The van der Waals surface area contributed by atoms with E-state index in [0.717, 1.165) is 30.9 Å². The monoisotopic (exact) mass is 219 g/mol. The summed E-state index contributed by atoms with van der Waals surface area (Å²) in [6.45, 7) is 3.14. The molecule has 0 saturated carbocycles. The van der Waals surface area contributed by atoms with Crippen molar-refractivity contribution in [1.82, 2.24) is 14.4 Å². The average molecular weight is 219 g/mol. The number of imidazole rings is 1. The molecule has 0 fully saturated rings. The molecule has 0 bridgehead atoms. The van der Waals surface area contributed by atoms with Crippen LogP contribution >= 0.6 is 0 Å². The molecular formula is C11H17N5. The molecule has 2 aromatic heterocycles. The fraction of sp³-hybridized carbons (Fsp3) is 0.455. The molecule has 0 atom stereocenters. The van der Waals surface area contributed by atoms with Gasteiger partial charge in [0.05, 0.1) is 6.20 Å². The summed E-state index contributed by atoms with van der Waals surface area (Å²) >= 11 is 0. The zero-order valence-electron chi connectivity index (χ0n) is 9.72. The number of fused-ring (bicyclic) bond motifs is 1. The molecule has 0 aliphatic carbocycles. The summed E-state index contributed by atoms with van der Waals surface area (Å²) in [4.78, 5) is 10.7. The molecule has 0 radical (unpaired) electrons. The molecule has 0 saturated heterocycles. The molecule has 0 unspecified atom stereocenters. The topological polar surface area (TPSA) is 59.5 Å². The largest absolute Gasteiger partial charge is 0.382 e. The van der Waals surface area contributed by atoms with Crippen molar-refractivity contribution in [2.75, 3.05) is 24.2 Å². The van der Waals surface area contributed by atoms with E-state index in [1.54, 1.807) is 12.4 Å². The third kappa shape index (κ3) is 1.93. The number of anilines is 2. The summed E-state index contributed by atoms with van der Waals surface area (Å²) in [5.41, 5.74) is 6.62. The molecule has 16 heavy (non-hydrogen) atoms. The standard InChI is InChI=1S/C11H17N5/c1-3-4-6-15(2)11-10-13-5-7-16(10)8-9(12)14-11/h5,7-8H,3-4,6,12H2,1-2H3. The van der Waals surface area contributed by atoms with Crippen molar-refractivity contribution in [3.05, 3.63) is 18.6 Å². The van der Waals surface area contributed by atoms with Crippen molar-refractivity contribution >= 4 is 17.3 Å². The van der Waals surface area contributed by atoms with E-state index in [0.29, 0.717) is 5.82 Å². The van der Waals surface area contributed by atoms with E-state index >= 15 is 0 Å². The van der Waals surface area contributed by atoms with Gasteiger partial charge in [-0.1, -0.05) is 13.3 Å². The Morgan fingerprint density at radius 2 is 2.31 bits per heavy atom. The molecule has 2 rings (SSSR count). The first-order chi connectivity index (χ1) is 7.72. The van der Waals surface area contributed by atoms with E-state index in [1.165, 1.54) is 0 Å². The van der Waals surface area contributed by atoms with Crippen LogP contribution in [0.2, 0.25) is 0 Å². The van der Waals surface area contributed by atoms with Crippen LogP contribution in [-0.4, -0.2) is 28.0 Å². The molecular weight excluding hydrogens is 202 g/mol. The smallest absolute Gasteiger partial charge is 0.180 e. The Hall–Kier alpha value is -1.78. The zero-order valence-corrected chi connectivity index (χ0v) is 9.72. The molecule has 0 aromatic carbocycles. The summed E-state index contributed by atoms with van der Waals surface area (Å²) in [6.07, 6.45) is 7.72. The van der Waals surface area contributed by atoms with Gasteiger partial charge in [-0.2, -0.15) is 0 Å². The van der Waals surface area contributed by atoms with Gasteiger partial charge in [0.2, 0.25) is 0 Å². The highest BCUT2D eigenvalue weighted by Crippen LogP contribution is 2.18. The Morgan fingerprint density at radius 1 is 1.50 bits per heavy atom. The van der Waals surface area contributed by atoms with Crippen LogP contribution in [0.15, 0.2) is 18.6 Å². The van der Waals surface area contributed by atoms with Gasteiger partial charge in [0.25, 0.3) is 0 Å². The second-order valence-electron chi connectivity index (χ2n) is 3.92. The lowest BCUT2D eigenvalue weighted by Crippen LogP contribution is -2.21. The quantitative estimate of drug-likeness (QED) is 0.847. The van der Waals surface area contributed by atoms with Crippen LogP contribution in [0.5, 0.6) is 0 Å². The summed E-state index contributed by atoms with van der Waals surface area (Å²) in [5, 5.41) is 0. The number of aromatic nitrogens is 3. The molecule has 0 aliphatic rings. The van der Waals surface area contributed by atoms with E-state index < -0.39 is 0 Å². The SMILES string of the molecule is CCCCN(C)c1nc(N)cn2ccnc12. The molecule has 0 amide bonds. The highest BCUT2D eigenvalue weighted by Gasteiger charge is 2.10. The minimum absolute atomic E-state index is 0.517. The van der Waals surface area contributed by atoms with Crippen molar-refractivity contribution in [2.45, 2.75) is 19.8 Å². The van der Waals surface area contributed by atoms with Crippen molar-refractivity contribution in [2.24, 2.45) is 0 Å². The van der Waals surface area contributed by atoms with Crippen molar-refractivity contribution < 1.29 is 0 Å². The Morgan fingerprint density at radius 3 is 3.06 bits per heavy atom. The van der Waals surface area contributed by atoms with Gasteiger partial charge < -0.3 is 15.0 Å². The number of nitrogen functional groups attached to an aromatic ring is 1. The first-order valence-corrected chi connectivity index (χ1v) is 5.52. The van der Waals surface area contributed by atoms with Crippen molar-refractivity contribution in [3.8, 4) is 0 Å². The number of unbranched alkanes of at least 4 members (excludes halogenated alkanes) is 1. The normalized spacial score (nSPS) is 10.9. The minimum Gasteiger partial charge on any atom is -0.382 e. The van der Waals surface area contributed by atoms with Crippen LogP contribution in [0, 0.1) is 0 Å². The van der Waals surface area contributed by atoms with Crippen LogP contribution in [0.4, 0.5) is 11.6 Å². The molecule has 2 aromatic rings. The van der Waals surface area contributed by atoms with Gasteiger partial charge >= 0.3 is 0 Å². The van der Waals surface area contributed by atoms with Crippen LogP contribution in [-0.2, 0) is 0 Å². The Kier molecular flexibility index (Phi) is 2.94. The maximum Gasteiger partial charge on any atom is 0.180 e. The van der Waals surface area contributed by atoms with E-state index in [1.807, 2.05) is 17.6 Å². The summed E-state index contributed by atoms with van der Waals surface area (Å²) in [6, 6.07) is 0. The second kappa shape index (κ2) is 4.38. The first kappa shape index (κ1) is 10.7. The Labute approximate surface area is 94.9 Å². The third-order valence-corrected chi connectivity index (χ3v) is 2.58. The number of hydrogen-bond acceptors (Lipinski definition) is 4. The van der Waals surface area contributed by atoms with Crippen molar-refractivity contribution in [1.29, 1.82) is 0 Å². The molecule has 5 nitrogen and oxygen atoms in total. The molecule has 5 heteroatoms. The average Bonchev–Trinajstić information content (AvgIpc) is 2.72. The third-order valence-electron chi connectivity index (χ3n) is 2.58. The lowest BCUT2D eigenvalue weighted by atomic mass is 10.3. The molecule has 86 valence electrons. The number of nitrogens with zero attached hydrogens (tertiary/aromatic N) is 4. The van der Waals surface area contributed by atoms with Gasteiger partial charge in [-0.25, -0.2) is 9.97 Å². The summed E-state index contributed by atoms with van der Waals surface area (Å²) in [5.74, 6) is 1.36. The van der Waals surface area contributed by atoms with Gasteiger partial charge in [0, 0.05) is 26.0 Å². The fourth-order valence-corrected chi connectivity index (χ4v) is 1.69. The number of rotatable bonds is 4. The fourth-order valence-electron chi connectivity index (χ4n) is 1.69. The lowest BCUT2D eigenvalue weighted by molar-refractivity contribution is 0.759. The van der Waals surface area contributed by atoms with E-state index in [9.17, 15) is 0 Å². The van der Waals surface area contributed by atoms with Gasteiger partial charge in [-0.15, -0.1) is 0 Å². The predicted octanol–water partition coefficient (Wildman–Crippen LogP) is 1.55. The summed E-state index contributed by atoms with van der Waals surface area (Å²) < 4.78 is 1.90. The Bertz CT molecular complexity index is 476. The maximum absolute atomic E-state index is 5.76. The van der Waals surface area contributed by atoms with Crippen LogP contribution in [0.1, 0.15) is 19.8 Å². The highest BCUT2D eigenvalue weighted by molar-refractivity contribution is 5.65. The van der Waals surface area contributed by atoms with Crippen LogP contribution in [0.3, 0.4) is 0 Å². The second-order valence-corrected chi connectivity index (χ2v) is 3.92. The van der Waals surface area contributed by atoms with Crippen LogP contribution in [0.25, 0.3) is 5.65 Å². The lowest BCUT2D eigenvalue weighted by Gasteiger charge is -2.18. The molecule has 2 heterocycles. The number of nitrogens with two attached hydrogens (primary N) is 1. The van der Waals surface area contributed by atoms with E-state index in [2.05, 4.69) is 21.8 Å². The molecule has 2 N–H and O–H groups in total. The van der Waals surface area contributed by atoms with Crippen molar-refractivity contribution in [3.63, 3.8) is 0 Å².